The third-order valence-electron chi connectivity index (χ3n) is 0.287. The van der Waals surface area contributed by atoms with Crippen LogP contribution in [0.2, 0.25) is 0 Å². The summed E-state index contributed by atoms with van der Waals surface area (Å²) < 4.78 is 0.157. The smallest absolute Gasteiger partial charge is 0 e. The van der Waals surface area contributed by atoms with Crippen molar-refractivity contribution in [1.82, 2.24) is 0 Å². The maximum absolute atomic E-state index is 9.76. The summed E-state index contributed by atoms with van der Waals surface area (Å²) in [6.07, 6.45) is 1.34. The number of carbonyl (C=O) groups excluding carboxylic acids is 1. The topological polar surface area (TPSA) is 17.1 Å². The zero-order valence-corrected chi connectivity index (χ0v) is 12.1. The molecular formula is C3H3GaInNaO. The molecule has 0 fully saturated rings. The van der Waals surface area contributed by atoms with E-state index in [2.05, 4.69) is 6.58 Å². The third kappa shape index (κ3) is 18.1. The minimum atomic E-state index is 0. The van der Waals surface area contributed by atoms with Gasteiger partial charge in [0.1, 0.15) is 0 Å². The standard InChI is InChI=1S/C3H3O.Ga.In.Na/c1-2-3-4;;;/h2H,1H2;;;. The molecule has 0 saturated carbocycles. The van der Waals surface area contributed by atoms with Gasteiger partial charge in [-0.15, -0.1) is 0 Å². The van der Waals surface area contributed by atoms with E-state index < -0.39 is 0 Å². The van der Waals surface area contributed by atoms with Crippen LogP contribution in [0.25, 0.3) is 0 Å². The van der Waals surface area contributed by atoms with E-state index in [0.717, 1.165) is 0 Å². The zero-order chi connectivity index (χ0) is 4.28. The van der Waals surface area contributed by atoms with E-state index in [-0.39, 0.29) is 48.7 Å². The monoisotopic (exact) mass is 262 g/mol. The Morgan fingerprint density at radius 3 is 1.86 bits per heavy atom. The Morgan fingerprint density at radius 1 is 1.71 bits per heavy atom. The predicted octanol–water partition coefficient (Wildman–Crippen LogP) is -0.894. The van der Waals surface area contributed by atoms with Crippen LogP contribution in [0.4, 0.5) is 0 Å². The molecule has 0 N–H and O–H groups in total. The van der Waals surface area contributed by atoms with Gasteiger partial charge in [-0.2, -0.15) is 0 Å². The van der Waals surface area contributed by atoms with Gasteiger partial charge in [-0.3, -0.25) is 0 Å². The molecule has 0 aliphatic rings. The quantitative estimate of drug-likeness (QED) is 0.442. The molecule has 6 radical (unpaired) electrons. The normalized spacial score (nSPS) is 4.86. The van der Waals surface area contributed by atoms with Crippen LogP contribution in [0.3, 0.4) is 0 Å². The Bertz CT molecular complexity index is 66.0. The van der Waals surface area contributed by atoms with Gasteiger partial charge in [-0.25, -0.2) is 0 Å². The summed E-state index contributed by atoms with van der Waals surface area (Å²) in [5.41, 5.74) is 0. The second kappa shape index (κ2) is 10.8. The summed E-state index contributed by atoms with van der Waals surface area (Å²) >= 11 is 0.613. The molecule has 0 unspecified atom stereocenters. The predicted molar refractivity (Wildman–Crippen MR) is 32.5 cm³/mol. The van der Waals surface area contributed by atoms with Crippen molar-refractivity contribution in [2.75, 3.05) is 0 Å². The minimum Gasteiger partial charge on any atom is 0 e. The van der Waals surface area contributed by atoms with Crippen LogP contribution in [0.15, 0.2) is 12.7 Å². The van der Waals surface area contributed by atoms with Crippen LogP contribution < -0.4 is 0 Å². The number of hydrogen-bond acceptors (Lipinski definition) is 1. The van der Waals surface area contributed by atoms with Gasteiger partial charge in [0.25, 0.3) is 0 Å². The third-order valence-corrected chi connectivity index (χ3v) is 0.696. The van der Waals surface area contributed by atoms with Gasteiger partial charge < -0.3 is 0 Å². The summed E-state index contributed by atoms with van der Waals surface area (Å²) in [5, 5.41) is 0. The Balaban J connectivity index is -0.0000000800. The molecule has 0 aliphatic heterocycles. The first-order valence-electron chi connectivity index (χ1n) is 1.40. The number of hydrogen-bond donors (Lipinski definition) is 0. The first-order valence-corrected chi connectivity index (χ1v) is 2.40. The largest absolute Gasteiger partial charge is 0 e. The van der Waals surface area contributed by atoms with Gasteiger partial charge in [-0.1, -0.05) is 0 Å². The van der Waals surface area contributed by atoms with E-state index in [9.17, 15) is 4.79 Å². The molecule has 28 valence electrons. The van der Waals surface area contributed by atoms with Gasteiger partial charge in [0.2, 0.25) is 0 Å². The summed E-state index contributed by atoms with van der Waals surface area (Å²) in [6, 6.07) is 0. The van der Waals surface area contributed by atoms with Crippen molar-refractivity contribution in [1.29, 1.82) is 0 Å². The van der Waals surface area contributed by atoms with Crippen LogP contribution in [-0.2, 0) is 4.79 Å². The van der Waals surface area contributed by atoms with Crippen LogP contribution >= 0.6 is 0 Å². The maximum atomic E-state index is 9.76. The summed E-state index contributed by atoms with van der Waals surface area (Å²) in [5.74, 6) is 0. The SMILES string of the molecule is C=C[C](=O)[Na].[Ga].[In]. The fraction of sp³-hybridized carbons (Fsp3) is 0. The van der Waals surface area contributed by atoms with E-state index in [1.165, 1.54) is 6.08 Å². The average molecular weight is 263 g/mol. The van der Waals surface area contributed by atoms with Crippen LogP contribution in [0.1, 0.15) is 0 Å². The van der Waals surface area contributed by atoms with Crippen LogP contribution in [0, 0.1) is 0 Å². The van der Waals surface area contributed by atoms with Crippen molar-refractivity contribution >= 4 is 76.6 Å². The Hall–Kier alpha value is 1.92. The minimum absolute atomic E-state index is 0. The van der Waals surface area contributed by atoms with Crippen molar-refractivity contribution < 1.29 is 4.79 Å². The molecule has 0 saturated heterocycles. The zero-order valence-electron chi connectivity index (χ0n) is 4.35. The molecule has 0 atom stereocenters. The van der Waals surface area contributed by atoms with Gasteiger partial charge in [0.15, 0.2) is 0 Å². The molecule has 0 aromatic rings. The fourth-order valence-corrected chi connectivity index (χ4v) is 0. The molecule has 4 heteroatoms. The molecule has 0 bridgehead atoms. The van der Waals surface area contributed by atoms with Gasteiger partial charge in [0.05, 0.1) is 0 Å². The molecule has 7 heavy (non-hydrogen) atoms. The van der Waals surface area contributed by atoms with Crippen molar-refractivity contribution in [3.05, 3.63) is 12.7 Å². The molecule has 0 aromatic carbocycles. The average Bonchev–Trinajstić information content (AvgIpc) is 1.38. The maximum Gasteiger partial charge on any atom is 0 e. The summed E-state index contributed by atoms with van der Waals surface area (Å²) in [7, 11) is 0. The fourth-order valence-electron chi connectivity index (χ4n) is 0. The van der Waals surface area contributed by atoms with E-state index in [1.807, 2.05) is 0 Å². The molecule has 1 nitrogen and oxygen atoms in total. The number of allylic oxidation sites excluding steroid dienone is 1. The summed E-state index contributed by atoms with van der Waals surface area (Å²) in [4.78, 5) is 9.76. The van der Waals surface area contributed by atoms with Gasteiger partial charge >= 0.3 is 48.4 Å². The van der Waals surface area contributed by atoms with Crippen LogP contribution in [0.5, 0.6) is 0 Å². The number of carbonyl (C=O) groups is 1. The molecule has 0 aliphatic carbocycles. The van der Waals surface area contributed by atoms with Crippen molar-refractivity contribution in [3.8, 4) is 0 Å². The Morgan fingerprint density at radius 2 is 1.86 bits per heavy atom. The van der Waals surface area contributed by atoms with Crippen molar-refractivity contribution in [2.24, 2.45) is 0 Å². The molecule has 0 spiro atoms. The van der Waals surface area contributed by atoms with Crippen molar-refractivity contribution in [2.45, 2.75) is 0 Å². The second-order valence-electron chi connectivity index (χ2n) is 0.815. The molecule has 0 amide bonds. The van der Waals surface area contributed by atoms with E-state index >= 15 is 0 Å². The van der Waals surface area contributed by atoms with E-state index in [1.54, 1.807) is 0 Å². The van der Waals surface area contributed by atoms with Crippen LogP contribution in [-0.4, -0.2) is 76.6 Å². The van der Waals surface area contributed by atoms with E-state index in [0.29, 0.717) is 27.9 Å². The Kier molecular flexibility index (Phi) is 24.7. The Labute approximate surface area is 92.6 Å². The first-order chi connectivity index (χ1) is 2.27. The number of rotatable bonds is 1. The molecule has 0 aromatic heterocycles. The first kappa shape index (κ1) is 16.0. The molecular weight excluding hydrogens is 260 g/mol. The molecule has 0 rings (SSSR count). The second-order valence-corrected chi connectivity index (χ2v) is 1.80. The van der Waals surface area contributed by atoms with Crippen molar-refractivity contribution in [3.63, 3.8) is 0 Å². The van der Waals surface area contributed by atoms with Gasteiger partial charge in [0, 0.05) is 45.6 Å². The van der Waals surface area contributed by atoms with E-state index in [4.69, 9.17) is 0 Å². The van der Waals surface area contributed by atoms with Gasteiger partial charge in [-0.05, 0) is 0 Å². The summed E-state index contributed by atoms with van der Waals surface area (Å²) in [6.45, 7) is 3.25. The molecule has 0 heterocycles.